The molecule has 0 saturated carbocycles. The zero-order valence-corrected chi connectivity index (χ0v) is 17.2. The predicted molar refractivity (Wildman–Crippen MR) is 109 cm³/mol. The van der Waals surface area contributed by atoms with E-state index in [-0.39, 0.29) is 28.6 Å². The number of methoxy groups -OCH3 is 3. The molecular weight excluding hydrogens is 485 g/mol. The largest absolute Gasteiger partial charge is 0.507 e. The van der Waals surface area contributed by atoms with Gasteiger partial charge in [-0.2, -0.15) is 5.10 Å². The smallest absolute Gasteiger partial charge is 0.327 e. The quantitative estimate of drug-likeness (QED) is 0.258. The predicted octanol–water partition coefficient (Wildman–Crippen LogP) is 2.69. The van der Waals surface area contributed by atoms with E-state index in [1.54, 1.807) is 12.1 Å². The third-order valence-electron chi connectivity index (χ3n) is 3.58. The van der Waals surface area contributed by atoms with Crippen LogP contribution in [0.1, 0.15) is 15.9 Å². The molecule has 0 aromatic heterocycles. The summed E-state index contributed by atoms with van der Waals surface area (Å²) in [5.41, 5.74) is 1.95. The van der Waals surface area contributed by atoms with Crippen LogP contribution in [-0.2, 0) is 0 Å². The van der Waals surface area contributed by atoms with Gasteiger partial charge in [0.2, 0.25) is 11.5 Å². The van der Waals surface area contributed by atoms with Crippen molar-refractivity contribution in [3.8, 4) is 23.0 Å². The minimum atomic E-state index is -0.837. The highest BCUT2D eigenvalue weighted by molar-refractivity contribution is 14.1. The number of ether oxygens (including phenoxy) is 3. The van der Waals surface area contributed by atoms with E-state index < -0.39 is 16.5 Å². The second kappa shape index (κ2) is 9.21. The molecule has 0 spiro atoms. The van der Waals surface area contributed by atoms with Crippen LogP contribution in [0.4, 0.5) is 5.69 Å². The number of hydrogen-bond donors (Lipinski definition) is 2. The number of amides is 1. The lowest BCUT2D eigenvalue weighted by Gasteiger charge is -2.14. The topological polar surface area (TPSA) is 133 Å². The Bertz CT molecular complexity index is 947. The third-order valence-corrected chi connectivity index (χ3v) is 4.45. The molecule has 0 heterocycles. The van der Waals surface area contributed by atoms with E-state index in [1.165, 1.54) is 39.7 Å². The van der Waals surface area contributed by atoms with E-state index in [0.29, 0.717) is 9.13 Å². The highest BCUT2D eigenvalue weighted by Gasteiger charge is 2.32. The summed E-state index contributed by atoms with van der Waals surface area (Å²) in [6, 6.07) is 5.89. The van der Waals surface area contributed by atoms with E-state index in [4.69, 9.17) is 14.2 Å². The molecule has 10 nitrogen and oxygen atoms in total. The number of carbonyl (C=O) groups is 1. The molecule has 0 aliphatic carbocycles. The number of phenols is 1. The molecule has 0 bridgehead atoms. The van der Waals surface area contributed by atoms with Crippen molar-refractivity contribution >= 4 is 40.4 Å². The lowest BCUT2D eigenvalue weighted by Crippen LogP contribution is -2.20. The molecular formula is C17H16IN3O7. The Morgan fingerprint density at radius 1 is 1.21 bits per heavy atom. The molecule has 28 heavy (non-hydrogen) atoms. The third kappa shape index (κ3) is 4.42. The zero-order chi connectivity index (χ0) is 20.8. The second-order valence-electron chi connectivity index (χ2n) is 5.21. The lowest BCUT2D eigenvalue weighted by molar-refractivity contribution is -0.386. The van der Waals surface area contributed by atoms with Crippen molar-refractivity contribution in [2.75, 3.05) is 21.3 Å². The first-order valence-electron chi connectivity index (χ1n) is 7.63. The molecule has 148 valence electrons. The number of halogens is 1. The van der Waals surface area contributed by atoms with Gasteiger partial charge in [0.05, 0.1) is 36.0 Å². The Morgan fingerprint density at radius 2 is 1.89 bits per heavy atom. The number of benzene rings is 2. The SMILES string of the molecule is COc1cc(C(=O)N/N=C\c2ccc(O)c(I)c2)c([N+](=O)[O-])c(OC)c1OC. The highest BCUT2D eigenvalue weighted by Crippen LogP contribution is 2.46. The number of nitrogens with zero attached hydrogens (tertiary/aromatic N) is 2. The number of nitrogens with one attached hydrogen (secondary N) is 1. The zero-order valence-electron chi connectivity index (χ0n) is 15.1. The van der Waals surface area contributed by atoms with Gasteiger partial charge in [0.1, 0.15) is 11.3 Å². The molecule has 0 fully saturated rings. The van der Waals surface area contributed by atoms with Crippen LogP contribution in [0.5, 0.6) is 23.0 Å². The van der Waals surface area contributed by atoms with Crippen molar-refractivity contribution in [2.24, 2.45) is 5.10 Å². The molecule has 0 radical (unpaired) electrons. The second-order valence-corrected chi connectivity index (χ2v) is 6.37. The standard InChI is InChI=1S/C17H16IN3O7/c1-26-13-7-10(14(21(24)25)16(28-3)15(13)27-2)17(23)20-19-8-9-4-5-12(22)11(18)6-9/h4-8,22H,1-3H3,(H,20,23)/b19-8-. The molecule has 2 aromatic rings. The molecule has 0 aliphatic heterocycles. The maximum atomic E-state index is 12.5. The van der Waals surface area contributed by atoms with E-state index in [9.17, 15) is 20.0 Å². The fraction of sp³-hybridized carbons (Fsp3) is 0.176. The fourth-order valence-electron chi connectivity index (χ4n) is 2.32. The number of nitro groups is 1. The summed E-state index contributed by atoms with van der Waals surface area (Å²) in [6.07, 6.45) is 1.34. The van der Waals surface area contributed by atoms with Crippen LogP contribution in [0.15, 0.2) is 29.4 Å². The first-order chi connectivity index (χ1) is 13.3. The van der Waals surface area contributed by atoms with Gasteiger partial charge in [0.15, 0.2) is 5.75 Å². The number of nitro benzene ring substituents is 1. The van der Waals surface area contributed by atoms with Crippen LogP contribution in [0.3, 0.4) is 0 Å². The summed E-state index contributed by atoms with van der Waals surface area (Å²) in [5.74, 6) is -0.873. The first kappa shape index (κ1) is 21.2. The van der Waals surface area contributed by atoms with E-state index in [0.717, 1.165) is 0 Å². The average molecular weight is 501 g/mol. The Kier molecular flexibility index (Phi) is 6.98. The minimum absolute atomic E-state index is 0.00424. The van der Waals surface area contributed by atoms with Gasteiger partial charge in [-0.05, 0) is 46.4 Å². The molecule has 2 N–H and O–H groups in total. The summed E-state index contributed by atoms with van der Waals surface area (Å²) in [4.78, 5) is 23.3. The summed E-state index contributed by atoms with van der Waals surface area (Å²) in [5, 5.41) is 24.8. The van der Waals surface area contributed by atoms with Crippen molar-refractivity contribution in [3.05, 3.63) is 49.1 Å². The number of aromatic hydroxyl groups is 1. The maximum Gasteiger partial charge on any atom is 0.327 e. The van der Waals surface area contributed by atoms with Crippen molar-refractivity contribution in [1.29, 1.82) is 0 Å². The van der Waals surface area contributed by atoms with E-state index in [2.05, 4.69) is 10.5 Å². The van der Waals surface area contributed by atoms with Crippen LogP contribution < -0.4 is 19.6 Å². The summed E-state index contributed by atoms with van der Waals surface area (Å²) >= 11 is 1.94. The van der Waals surface area contributed by atoms with Gasteiger partial charge >= 0.3 is 5.69 Å². The van der Waals surface area contributed by atoms with Crippen molar-refractivity contribution in [3.63, 3.8) is 0 Å². The van der Waals surface area contributed by atoms with E-state index >= 15 is 0 Å². The molecule has 1 amide bonds. The molecule has 0 atom stereocenters. The van der Waals surface area contributed by atoms with Crippen LogP contribution in [0.2, 0.25) is 0 Å². The van der Waals surface area contributed by atoms with Crippen molar-refractivity contribution < 1.29 is 29.0 Å². The van der Waals surface area contributed by atoms with Crippen molar-refractivity contribution in [2.45, 2.75) is 0 Å². The molecule has 11 heteroatoms. The molecule has 2 aromatic carbocycles. The van der Waals surface area contributed by atoms with Gasteiger partial charge in [-0.1, -0.05) is 0 Å². The molecule has 2 rings (SSSR count). The van der Waals surface area contributed by atoms with Crippen LogP contribution in [-0.4, -0.2) is 43.5 Å². The van der Waals surface area contributed by atoms with Crippen LogP contribution in [0, 0.1) is 13.7 Å². The normalized spacial score (nSPS) is 10.6. The number of carbonyl (C=O) groups excluding carboxylic acids is 1. The van der Waals surface area contributed by atoms with Gasteiger partial charge in [-0.25, -0.2) is 5.43 Å². The molecule has 0 aliphatic rings. The van der Waals surface area contributed by atoms with Gasteiger partial charge < -0.3 is 19.3 Å². The maximum absolute atomic E-state index is 12.5. The minimum Gasteiger partial charge on any atom is -0.507 e. The summed E-state index contributed by atoms with van der Waals surface area (Å²) < 4.78 is 15.9. The van der Waals surface area contributed by atoms with Crippen LogP contribution in [0.25, 0.3) is 0 Å². The molecule has 0 saturated heterocycles. The Balaban J connectivity index is 2.39. The number of rotatable bonds is 7. The monoisotopic (exact) mass is 501 g/mol. The number of hydrazone groups is 1. The average Bonchev–Trinajstić information content (AvgIpc) is 2.68. The Morgan fingerprint density at radius 3 is 2.43 bits per heavy atom. The Hall–Kier alpha value is -3.09. The highest BCUT2D eigenvalue weighted by atomic mass is 127. The van der Waals surface area contributed by atoms with Gasteiger partial charge in [-0.15, -0.1) is 0 Å². The number of phenolic OH excluding ortho intramolecular Hbond substituents is 1. The van der Waals surface area contributed by atoms with Gasteiger partial charge in [-0.3, -0.25) is 14.9 Å². The van der Waals surface area contributed by atoms with Crippen molar-refractivity contribution in [1.82, 2.24) is 5.43 Å². The summed E-state index contributed by atoms with van der Waals surface area (Å²) in [7, 11) is 3.85. The van der Waals surface area contributed by atoms with Gasteiger partial charge in [0.25, 0.3) is 5.91 Å². The first-order valence-corrected chi connectivity index (χ1v) is 8.71. The lowest BCUT2D eigenvalue weighted by atomic mass is 10.1. The van der Waals surface area contributed by atoms with Gasteiger partial charge in [0, 0.05) is 6.07 Å². The molecule has 0 unspecified atom stereocenters. The Labute approximate surface area is 173 Å². The van der Waals surface area contributed by atoms with Crippen LogP contribution >= 0.6 is 22.6 Å². The number of hydrogen-bond acceptors (Lipinski definition) is 8. The fourth-order valence-corrected chi connectivity index (χ4v) is 2.86. The van der Waals surface area contributed by atoms with E-state index in [1.807, 2.05) is 22.6 Å². The summed E-state index contributed by atoms with van der Waals surface area (Å²) in [6.45, 7) is 0.